The van der Waals surface area contributed by atoms with Crippen LogP contribution in [-0.2, 0) is 17.6 Å². The molecule has 0 unspecified atom stereocenters. The minimum absolute atomic E-state index is 0.167. The Bertz CT molecular complexity index is 622. The van der Waals surface area contributed by atoms with E-state index < -0.39 is 0 Å². The summed E-state index contributed by atoms with van der Waals surface area (Å²) in [6, 6.07) is 12.5. The third kappa shape index (κ3) is 4.01. The molecule has 2 aromatic carbocycles. The highest BCUT2D eigenvalue weighted by Crippen LogP contribution is 2.19. The Morgan fingerprint density at radius 1 is 1.15 bits per heavy atom. The van der Waals surface area contributed by atoms with Crippen molar-refractivity contribution >= 4 is 21.7 Å². The molecule has 0 aliphatic rings. The van der Waals surface area contributed by atoms with Gasteiger partial charge < -0.3 is 0 Å². The SMILES string of the molecule is Cc1ccccc1CCC(=O)Cc1ccc(F)cc1Br. The van der Waals surface area contributed by atoms with Crippen molar-refractivity contribution in [1.82, 2.24) is 0 Å². The van der Waals surface area contributed by atoms with Gasteiger partial charge in [-0.2, -0.15) is 0 Å². The molecule has 0 N–H and O–H groups in total. The van der Waals surface area contributed by atoms with Crippen LogP contribution in [0.1, 0.15) is 23.1 Å². The monoisotopic (exact) mass is 334 g/mol. The van der Waals surface area contributed by atoms with Gasteiger partial charge in [-0.1, -0.05) is 46.3 Å². The van der Waals surface area contributed by atoms with E-state index in [0.29, 0.717) is 17.3 Å². The maximum absolute atomic E-state index is 13.0. The van der Waals surface area contributed by atoms with Gasteiger partial charge in [-0.25, -0.2) is 4.39 Å². The van der Waals surface area contributed by atoms with Crippen molar-refractivity contribution in [2.45, 2.75) is 26.2 Å². The Kier molecular flexibility index (Phi) is 5.07. The van der Waals surface area contributed by atoms with Gasteiger partial charge in [-0.3, -0.25) is 4.79 Å². The van der Waals surface area contributed by atoms with Crippen LogP contribution in [0.4, 0.5) is 4.39 Å². The number of aryl methyl sites for hydroxylation is 2. The third-order valence-electron chi connectivity index (χ3n) is 3.34. The highest BCUT2D eigenvalue weighted by Gasteiger charge is 2.09. The molecule has 2 rings (SSSR count). The lowest BCUT2D eigenvalue weighted by Gasteiger charge is -2.06. The predicted octanol–water partition coefficient (Wildman–Crippen LogP) is 4.64. The zero-order chi connectivity index (χ0) is 14.5. The van der Waals surface area contributed by atoms with Crippen molar-refractivity contribution in [2.75, 3.05) is 0 Å². The van der Waals surface area contributed by atoms with Crippen molar-refractivity contribution in [2.24, 2.45) is 0 Å². The fourth-order valence-corrected chi connectivity index (χ4v) is 2.62. The molecule has 0 bridgehead atoms. The van der Waals surface area contributed by atoms with Crippen molar-refractivity contribution in [3.63, 3.8) is 0 Å². The lowest BCUT2D eigenvalue weighted by atomic mass is 10.00. The van der Waals surface area contributed by atoms with Gasteiger partial charge in [0.25, 0.3) is 0 Å². The number of rotatable bonds is 5. The zero-order valence-corrected chi connectivity index (χ0v) is 12.9. The van der Waals surface area contributed by atoms with Crippen LogP contribution < -0.4 is 0 Å². The van der Waals surface area contributed by atoms with Gasteiger partial charge in [-0.15, -0.1) is 0 Å². The summed E-state index contributed by atoms with van der Waals surface area (Å²) in [7, 11) is 0. The molecule has 20 heavy (non-hydrogen) atoms. The molecule has 3 heteroatoms. The van der Waals surface area contributed by atoms with E-state index in [1.54, 1.807) is 6.07 Å². The topological polar surface area (TPSA) is 17.1 Å². The second-order valence-electron chi connectivity index (χ2n) is 4.88. The molecule has 0 saturated carbocycles. The van der Waals surface area contributed by atoms with Crippen molar-refractivity contribution < 1.29 is 9.18 Å². The summed E-state index contributed by atoms with van der Waals surface area (Å²) in [6.45, 7) is 2.05. The maximum atomic E-state index is 13.0. The molecular weight excluding hydrogens is 319 g/mol. The summed E-state index contributed by atoms with van der Waals surface area (Å²) >= 11 is 3.29. The molecule has 0 amide bonds. The van der Waals surface area contributed by atoms with E-state index in [2.05, 4.69) is 35.0 Å². The zero-order valence-electron chi connectivity index (χ0n) is 11.3. The Morgan fingerprint density at radius 2 is 1.90 bits per heavy atom. The molecule has 0 aliphatic carbocycles. The number of hydrogen-bond acceptors (Lipinski definition) is 1. The van der Waals surface area contributed by atoms with Gasteiger partial charge in [0.1, 0.15) is 11.6 Å². The molecule has 0 aromatic heterocycles. The van der Waals surface area contributed by atoms with Gasteiger partial charge in [0.2, 0.25) is 0 Å². The summed E-state index contributed by atoms with van der Waals surface area (Å²) in [4.78, 5) is 12.0. The third-order valence-corrected chi connectivity index (χ3v) is 4.08. The standard InChI is InChI=1S/C17H16BrFO/c1-12-4-2-3-5-13(12)7-9-16(20)10-14-6-8-15(19)11-17(14)18/h2-6,8,11H,7,9-10H2,1H3. The average molecular weight is 335 g/mol. The summed E-state index contributed by atoms with van der Waals surface area (Å²) in [5.41, 5.74) is 3.25. The fraction of sp³-hybridized carbons (Fsp3) is 0.235. The Hall–Kier alpha value is -1.48. The first-order chi connectivity index (χ1) is 9.56. The molecule has 0 spiro atoms. The number of carbonyl (C=O) groups is 1. The second-order valence-corrected chi connectivity index (χ2v) is 5.73. The molecule has 0 fully saturated rings. The first-order valence-electron chi connectivity index (χ1n) is 6.56. The molecule has 0 atom stereocenters. The lowest BCUT2D eigenvalue weighted by molar-refractivity contribution is -0.118. The fourth-order valence-electron chi connectivity index (χ4n) is 2.13. The van der Waals surface area contributed by atoms with E-state index >= 15 is 0 Å². The molecule has 0 radical (unpaired) electrons. The van der Waals surface area contributed by atoms with Gasteiger partial charge in [0.05, 0.1) is 0 Å². The summed E-state index contributed by atoms with van der Waals surface area (Å²) in [5.74, 6) is -0.131. The van der Waals surface area contributed by atoms with Crippen LogP contribution in [0.15, 0.2) is 46.9 Å². The number of ketones is 1. The van der Waals surface area contributed by atoms with Gasteiger partial charge in [-0.05, 0) is 42.2 Å². The number of Topliss-reactive ketones (excluding diaryl/α,β-unsaturated/α-hetero) is 1. The van der Waals surface area contributed by atoms with Crippen LogP contribution in [0.2, 0.25) is 0 Å². The summed E-state index contributed by atoms with van der Waals surface area (Å²) < 4.78 is 13.6. The highest BCUT2D eigenvalue weighted by atomic mass is 79.9. The number of halogens is 2. The van der Waals surface area contributed by atoms with Crippen molar-refractivity contribution in [1.29, 1.82) is 0 Å². The van der Waals surface area contributed by atoms with Crippen LogP contribution in [0.5, 0.6) is 0 Å². The Labute approximate surface area is 127 Å². The average Bonchev–Trinajstić information content (AvgIpc) is 2.41. The first-order valence-corrected chi connectivity index (χ1v) is 7.35. The van der Waals surface area contributed by atoms with Crippen LogP contribution >= 0.6 is 15.9 Å². The summed E-state index contributed by atoms with van der Waals surface area (Å²) in [5, 5.41) is 0. The van der Waals surface area contributed by atoms with Crippen LogP contribution in [0.25, 0.3) is 0 Å². The van der Waals surface area contributed by atoms with E-state index in [4.69, 9.17) is 0 Å². The van der Waals surface area contributed by atoms with E-state index in [-0.39, 0.29) is 11.6 Å². The van der Waals surface area contributed by atoms with E-state index in [1.807, 2.05) is 12.1 Å². The number of carbonyl (C=O) groups excluding carboxylic acids is 1. The van der Waals surface area contributed by atoms with Crippen molar-refractivity contribution in [3.05, 3.63) is 69.4 Å². The van der Waals surface area contributed by atoms with Crippen LogP contribution in [-0.4, -0.2) is 5.78 Å². The lowest BCUT2D eigenvalue weighted by Crippen LogP contribution is -2.05. The molecule has 1 nitrogen and oxygen atoms in total. The van der Waals surface area contributed by atoms with Gasteiger partial charge in [0.15, 0.2) is 0 Å². The molecule has 0 aliphatic heterocycles. The summed E-state index contributed by atoms with van der Waals surface area (Å²) in [6.07, 6.45) is 1.60. The van der Waals surface area contributed by atoms with Crippen LogP contribution in [0.3, 0.4) is 0 Å². The molecule has 104 valence electrons. The Balaban J connectivity index is 1.94. The second kappa shape index (κ2) is 6.80. The largest absolute Gasteiger partial charge is 0.299 e. The van der Waals surface area contributed by atoms with E-state index in [0.717, 1.165) is 12.0 Å². The number of hydrogen-bond donors (Lipinski definition) is 0. The molecule has 2 aromatic rings. The Morgan fingerprint density at radius 3 is 2.60 bits per heavy atom. The molecule has 0 heterocycles. The van der Waals surface area contributed by atoms with Crippen LogP contribution in [0, 0.1) is 12.7 Å². The smallest absolute Gasteiger partial charge is 0.137 e. The molecule has 0 saturated heterocycles. The minimum atomic E-state index is -0.298. The maximum Gasteiger partial charge on any atom is 0.137 e. The van der Waals surface area contributed by atoms with Gasteiger partial charge in [0, 0.05) is 17.3 Å². The first kappa shape index (κ1) is 14.9. The normalized spacial score (nSPS) is 10.6. The highest BCUT2D eigenvalue weighted by molar-refractivity contribution is 9.10. The predicted molar refractivity (Wildman–Crippen MR) is 82.3 cm³/mol. The van der Waals surface area contributed by atoms with Crippen molar-refractivity contribution in [3.8, 4) is 0 Å². The molecular formula is C17H16BrFO. The van der Waals surface area contributed by atoms with E-state index in [9.17, 15) is 9.18 Å². The minimum Gasteiger partial charge on any atom is -0.299 e. The quantitative estimate of drug-likeness (QED) is 0.778. The number of benzene rings is 2. The van der Waals surface area contributed by atoms with Gasteiger partial charge >= 0.3 is 0 Å². The van der Waals surface area contributed by atoms with E-state index in [1.165, 1.54) is 23.3 Å².